The molecule has 0 fully saturated rings. The molecule has 0 aromatic carbocycles. The molecule has 0 rings (SSSR count). The van der Waals surface area contributed by atoms with Gasteiger partial charge in [-0.15, -0.1) is 0 Å². The van der Waals surface area contributed by atoms with Gasteiger partial charge in [0.05, 0.1) is 4.92 Å². The van der Waals surface area contributed by atoms with Gasteiger partial charge in [-0.3, -0.25) is 10.1 Å². The van der Waals surface area contributed by atoms with Gasteiger partial charge in [-0.25, -0.2) is 0 Å². The van der Waals surface area contributed by atoms with Gasteiger partial charge in [0.25, 0.3) is 0 Å². The van der Waals surface area contributed by atoms with Crippen LogP contribution in [-0.2, 0) is 0 Å². The number of rotatable bonds is 3. The molecule has 0 radical (unpaired) electrons. The van der Waals surface area contributed by atoms with Crippen LogP contribution in [0.1, 0.15) is 20.8 Å². The Morgan fingerprint density at radius 2 is 2.00 bits per heavy atom. The summed E-state index contributed by atoms with van der Waals surface area (Å²) < 4.78 is 12.6. The van der Waals surface area contributed by atoms with Gasteiger partial charge in [0, 0.05) is 0 Å². The maximum absolute atomic E-state index is 12.6. The molecule has 0 spiro atoms. The zero-order chi connectivity index (χ0) is 10.9. The van der Waals surface area contributed by atoms with Gasteiger partial charge in [0.15, 0.2) is 5.83 Å². The van der Waals surface area contributed by atoms with Crippen molar-refractivity contribution >= 4 is 0 Å². The van der Waals surface area contributed by atoms with Crippen LogP contribution in [0.5, 0.6) is 0 Å². The quantitative estimate of drug-likeness (QED) is 0.386. The van der Waals surface area contributed by atoms with E-state index in [1.165, 1.54) is 6.92 Å². The number of nitrogens with zero attached hydrogens (tertiary/aromatic N) is 1. The second kappa shape index (κ2) is 8.64. The van der Waals surface area contributed by atoms with Crippen molar-refractivity contribution in [1.29, 1.82) is 0 Å². The maximum Gasteiger partial charge on any atom is 0.300 e. The predicted molar refractivity (Wildman–Crippen MR) is 51.5 cm³/mol. The van der Waals surface area contributed by atoms with Crippen molar-refractivity contribution in [3.8, 4) is 0 Å². The molecule has 3 nitrogen and oxygen atoms in total. The van der Waals surface area contributed by atoms with E-state index in [2.05, 4.69) is 6.58 Å². The number of hydrogen-bond donors (Lipinski definition) is 0. The third kappa shape index (κ3) is 5.78. The standard InChI is InChI=1S/C7H8FNO2.C2H6/c1-3-5-6(8)7(4-2)9(10)11;1-2/h3-5H,1H2,2H3;1-2H3/b6-5+,7-4+;. The highest BCUT2D eigenvalue weighted by Gasteiger charge is 2.13. The average Bonchev–Trinajstić information content (AvgIpc) is 2.09. The number of halogens is 1. The van der Waals surface area contributed by atoms with E-state index in [-0.39, 0.29) is 0 Å². The molecule has 0 heterocycles. The minimum atomic E-state index is -0.882. The van der Waals surface area contributed by atoms with Crippen LogP contribution in [0.2, 0.25) is 0 Å². The highest BCUT2D eigenvalue weighted by molar-refractivity contribution is 5.21. The Hall–Kier alpha value is -1.45. The van der Waals surface area contributed by atoms with Crippen LogP contribution < -0.4 is 0 Å². The van der Waals surface area contributed by atoms with Crippen LogP contribution in [0.4, 0.5) is 4.39 Å². The van der Waals surface area contributed by atoms with Crippen LogP contribution in [-0.4, -0.2) is 4.92 Å². The lowest BCUT2D eigenvalue weighted by Gasteiger charge is -1.90. The number of nitro groups is 1. The van der Waals surface area contributed by atoms with Gasteiger partial charge in [0.1, 0.15) is 0 Å². The fourth-order valence-corrected chi connectivity index (χ4v) is 0.519. The minimum Gasteiger partial charge on any atom is -0.258 e. The first kappa shape index (κ1) is 14.1. The fraction of sp³-hybridized carbons (Fsp3) is 0.333. The predicted octanol–water partition coefficient (Wildman–Crippen LogP) is 3.23. The van der Waals surface area contributed by atoms with Gasteiger partial charge >= 0.3 is 5.70 Å². The van der Waals surface area contributed by atoms with E-state index < -0.39 is 16.4 Å². The van der Waals surface area contributed by atoms with Crippen molar-refractivity contribution < 1.29 is 9.31 Å². The van der Waals surface area contributed by atoms with E-state index >= 15 is 0 Å². The van der Waals surface area contributed by atoms with E-state index in [1.807, 2.05) is 13.8 Å². The highest BCUT2D eigenvalue weighted by Crippen LogP contribution is 2.11. The summed E-state index contributed by atoms with van der Waals surface area (Å²) in [6.45, 7) is 8.61. The summed E-state index contributed by atoms with van der Waals surface area (Å²) in [6, 6.07) is 0. The van der Waals surface area contributed by atoms with Crippen molar-refractivity contribution in [2.75, 3.05) is 0 Å². The normalized spacial score (nSPS) is 11.4. The van der Waals surface area contributed by atoms with Crippen LogP contribution >= 0.6 is 0 Å². The summed E-state index contributed by atoms with van der Waals surface area (Å²) in [5, 5.41) is 10.1. The fourth-order valence-electron chi connectivity index (χ4n) is 0.519. The molecule has 0 unspecified atom stereocenters. The Labute approximate surface area is 77.4 Å². The van der Waals surface area contributed by atoms with E-state index in [4.69, 9.17) is 0 Å². The van der Waals surface area contributed by atoms with E-state index in [0.29, 0.717) is 0 Å². The molecule has 0 atom stereocenters. The average molecular weight is 187 g/mol. The molecule has 0 aromatic heterocycles. The van der Waals surface area contributed by atoms with Crippen molar-refractivity contribution in [2.45, 2.75) is 20.8 Å². The molecule has 74 valence electrons. The molecule has 0 amide bonds. The van der Waals surface area contributed by atoms with E-state index in [1.54, 1.807) is 0 Å². The first-order valence-corrected chi connectivity index (χ1v) is 3.92. The van der Waals surface area contributed by atoms with Gasteiger partial charge in [-0.1, -0.05) is 26.5 Å². The van der Waals surface area contributed by atoms with Crippen LogP contribution in [0.25, 0.3) is 0 Å². The Balaban J connectivity index is 0. The summed E-state index contributed by atoms with van der Waals surface area (Å²) in [6.07, 6.45) is 3.19. The zero-order valence-electron chi connectivity index (χ0n) is 8.08. The molecule has 0 N–H and O–H groups in total. The van der Waals surface area contributed by atoms with Crippen LogP contribution in [0, 0.1) is 10.1 Å². The van der Waals surface area contributed by atoms with Crippen molar-refractivity contribution in [2.24, 2.45) is 0 Å². The Morgan fingerprint density at radius 1 is 1.54 bits per heavy atom. The Bertz CT molecular complexity index is 232. The summed E-state index contributed by atoms with van der Waals surface area (Å²) in [5.41, 5.74) is -0.537. The minimum absolute atomic E-state index is 0.537. The molecule has 4 heteroatoms. The van der Waals surface area contributed by atoms with Gasteiger partial charge < -0.3 is 0 Å². The van der Waals surface area contributed by atoms with Gasteiger partial charge in [0.2, 0.25) is 0 Å². The third-order valence-corrected chi connectivity index (χ3v) is 0.979. The van der Waals surface area contributed by atoms with Gasteiger partial charge in [-0.05, 0) is 19.1 Å². The van der Waals surface area contributed by atoms with Crippen molar-refractivity contribution in [3.05, 3.63) is 46.4 Å². The lowest BCUT2D eigenvalue weighted by atomic mass is 10.3. The molecule has 0 saturated carbocycles. The molecule has 13 heavy (non-hydrogen) atoms. The highest BCUT2D eigenvalue weighted by atomic mass is 19.1. The number of allylic oxidation sites excluding steroid dienone is 4. The molecule has 0 aliphatic rings. The summed E-state index contributed by atoms with van der Waals surface area (Å²) in [4.78, 5) is 9.29. The molecule has 0 aliphatic carbocycles. The van der Waals surface area contributed by atoms with Crippen LogP contribution in [0.3, 0.4) is 0 Å². The molecule has 0 aliphatic heterocycles. The molecular weight excluding hydrogens is 173 g/mol. The first-order chi connectivity index (χ1) is 6.13. The summed E-state index contributed by atoms with van der Waals surface area (Å²) >= 11 is 0. The summed E-state index contributed by atoms with van der Waals surface area (Å²) in [5.74, 6) is -0.882. The lowest BCUT2D eigenvalue weighted by Crippen LogP contribution is -1.98. The molecule has 0 aromatic rings. The Morgan fingerprint density at radius 3 is 2.23 bits per heavy atom. The first-order valence-electron chi connectivity index (χ1n) is 3.92. The largest absolute Gasteiger partial charge is 0.300 e. The SMILES string of the molecule is C=C/C=C(F)\C(=C/C)[N+](=O)[O-].CC. The second-order valence-electron chi connectivity index (χ2n) is 1.68. The third-order valence-electron chi connectivity index (χ3n) is 0.979. The van der Waals surface area contributed by atoms with Crippen molar-refractivity contribution in [1.82, 2.24) is 0 Å². The zero-order valence-corrected chi connectivity index (χ0v) is 8.08. The monoisotopic (exact) mass is 187 g/mol. The smallest absolute Gasteiger partial charge is 0.258 e. The Kier molecular flexibility index (Phi) is 9.37. The van der Waals surface area contributed by atoms with E-state index in [9.17, 15) is 14.5 Å². The maximum atomic E-state index is 12.6. The lowest BCUT2D eigenvalue weighted by molar-refractivity contribution is -0.422. The number of hydrogen-bond acceptors (Lipinski definition) is 2. The molecule has 0 bridgehead atoms. The van der Waals surface area contributed by atoms with E-state index in [0.717, 1.165) is 18.2 Å². The van der Waals surface area contributed by atoms with Crippen molar-refractivity contribution in [3.63, 3.8) is 0 Å². The topological polar surface area (TPSA) is 43.1 Å². The summed E-state index contributed by atoms with van der Waals surface area (Å²) in [7, 11) is 0. The molecular formula is C9H14FNO2. The second-order valence-corrected chi connectivity index (χ2v) is 1.68. The molecule has 0 saturated heterocycles. The van der Waals surface area contributed by atoms with Crippen LogP contribution in [0.15, 0.2) is 36.3 Å². The van der Waals surface area contributed by atoms with Gasteiger partial charge in [-0.2, -0.15) is 4.39 Å².